The van der Waals surface area contributed by atoms with E-state index < -0.39 is 0 Å². The molecule has 1 atom stereocenters. The molecule has 28 heavy (non-hydrogen) atoms. The van der Waals surface area contributed by atoms with Crippen molar-refractivity contribution < 1.29 is 46.5 Å². The molecule has 0 saturated carbocycles. The third-order valence-electron chi connectivity index (χ3n) is 4.74. The molecule has 4 heteroatoms. The minimum absolute atomic E-state index is 0. The zero-order chi connectivity index (χ0) is 17.6. The van der Waals surface area contributed by atoms with Gasteiger partial charge in [-0.2, -0.15) is 19.0 Å². The monoisotopic (exact) mass is 445 g/mol. The Bertz CT molecular complexity index is 891. The van der Waals surface area contributed by atoms with E-state index in [1.54, 1.807) is 0 Å². The summed E-state index contributed by atoms with van der Waals surface area (Å²) in [5.74, 6) is 0.336. The van der Waals surface area contributed by atoms with E-state index in [-0.39, 0.29) is 46.5 Å². The van der Waals surface area contributed by atoms with E-state index >= 15 is 0 Å². The minimum atomic E-state index is 0. The van der Waals surface area contributed by atoms with Crippen LogP contribution in [-0.4, -0.2) is 6.54 Å². The fraction of sp³-hybridized carbons (Fsp3) is 0.208. The van der Waals surface area contributed by atoms with Gasteiger partial charge in [-0.25, -0.2) is 0 Å². The van der Waals surface area contributed by atoms with Gasteiger partial charge in [-0.05, 0) is 17.0 Å². The SMILES string of the molecule is CCCC[NH-].[CH2-]c1c(C2C=Cc3ccccc32)ccc2ccccc12.[Cl-].[Cl-].[Ti+2]. The zero-order valence-corrected chi connectivity index (χ0v) is 19.2. The van der Waals surface area contributed by atoms with Crippen LogP contribution in [0.1, 0.15) is 47.9 Å². The first-order valence-corrected chi connectivity index (χ1v) is 9.01. The van der Waals surface area contributed by atoms with Crippen LogP contribution in [0.25, 0.3) is 22.6 Å². The van der Waals surface area contributed by atoms with E-state index in [0.717, 1.165) is 18.4 Å². The summed E-state index contributed by atoms with van der Waals surface area (Å²) >= 11 is 0. The van der Waals surface area contributed by atoms with Gasteiger partial charge in [0, 0.05) is 0 Å². The van der Waals surface area contributed by atoms with Gasteiger partial charge in [-0.15, -0.1) is 23.1 Å². The molecule has 0 fully saturated rings. The normalized spacial score (nSPS) is 13.3. The van der Waals surface area contributed by atoms with Gasteiger partial charge in [0.1, 0.15) is 0 Å². The number of nitrogens with one attached hydrogen (secondary N) is 1. The number of hydrogen-bond acceptors (Lipinski definition) is 0. The van der Waals surface area contributed by atoms with Crippen LogP contribution in [0.5, 0.6) is 0 Å². The number of halogens is 2. The Morgan fingerprint density at radius 1 is 0.893 bits per heavy atom. The second-order valence-electron chi connectivity index (χ2n) is 6.42. The van der Waals surface area contributed by atoms with Crippen LogP contribution in [0.3, 0.4) is 0 Å². The van der Waals surface area contributed by atoms with Gasteiger partial charge >= 0.3 is 21.7 Å². The molecule has 0 aliphatic heterocycles. The van der Waals surface area contributed by atoms with Gasteiger partial charge in [0.05, 0.1) is 0 Å². The Morgan fingerprint density at radius 2 is 1.57 bits per heavy atom. The molecule has 0 saturated heterocycles. The summed E-state index contributed by atoms with van der Waals surface area (Å²) < 4.78 is 0. The van der Waals surface area contributed by atoms with Crippen molar-refractivity contribution in [2.24, 2.45) is 0 Å². The average Bonchev–Trinajstić information content (AvgIpc) is 3.08. The first-order valence-electron chi connectivity index (χ1n) is 9.01. The molecule has 3 aromatic rings. The molecule has 0 radical (unpaired) electrons. The summed E-state index contributed by atoms with van der Waals surface area (Å²) in [6.45, 7) is 7.02. The molecule has 1 aliphatic rings. The molecule has 4 rings (SSSR count). The smallest absolute Gasteiger partial charge is 1.00 e. The van der Waals surface area contributed by atoms with Crippen LogP contribution in [-0.2, 0) is 21.7 Å². The van der Waals surface area contributed by atoms with Crippen LogP contribution in [0.4, 0.5) is 0 Å². The molecule has 0 bridgehead atoms. The molecule has 0 amide bonds. The summed E-state index contributed by atoms with van der Waals surface area (Å²) in [6, 6.07) is 21.5. The van der Waals surface area contributed by atoms with Crippen molar-refractivity contribution in [3.05, 3.63) is 102 Å². The second kappa shape index (κ2) is 13.1. The van der Waals surface area contributed by atoms with Gasteiger partial charge in [0.15, 0.2) is 0 Å². The number of unbranched alkanes of at least 4 members (excludes halogenated alkanes) is 1. The Morgan fingerprint density at radius 3 is 2.25 bits per heavy atom. The summed E-state index contributed by atoms with van der Waals surface area (Å²) in [7, 11) is 0. The molecule has 1 N–H and O–H groups in total. The topological polar surface area (TPSA) is 23.8 Å². The van der Waals surface area contributed by atoms with Gasteiger partial charge in [0.25, 0.3) is 0 Å². The summed E-state index contributed by atoms with van der Waals surface area (Å²) in [6.07, 6.45) is 6.71. The first kappa shape index (κ1) is 26.8. The van der Waals surface area contributed by atoms with Crippen LogP contribution < -0.4 is 24.8 Å². The maximum atomic E-state index is 6.60. The molecular weight excluding hydrogens is 421 g/mol. The minimum Gasteiger partial charge on any atom is -1.00 e. The number of benzene rings is 3. The van der Waals surface area contributed by atoms with Crippen LogP contribution in [0.15, 0.2) is 66.7 Å². The maximum Gasteiger partial charge on any atom is 2.00 e. The molecule has 1 nitrogen and oxygen atoms in total. The quantitative estimate of drug-likeness (QED) is 0.424. The van der Waals surface area contributed by atoms with E-state index in [2.05, 4.69) is 86.7 Å². The molecule has 3 aromatic carbocycles. The molecule has 146 valence electrons. The van der Waals surface area contributed by atoms with E-state index in [1.165, 1.54) is 27.5 Å². The Kier molecular flexibility index (Phi) is 12.5. The second-order valence-corrected chi connectivity index (χ2v) is 6.42. The van der Waals surface area contributed by atoms with Crippen molar-refractivity contribution >= 4 is 16.8 Å². The number of fused-ring (bicyclic) bond motifs is 2. The van der Waals surface area contributed by atoms with Gasteiger partial charge < -0.3 is 30.5 Å². The Hall–Kier alpha value is -1.22. The van der Waals surface area contributed by atoms with Crippen molar-refractivity contribution in [3.8, 4) is 0 Å². The van der Waals surface area contributed by atoms with Crippen LogP contribution >= 0.6 is 0 Å². The van der Waals surface area contributed by atoms with Crippen molar-refractivity contribution in [2.45, 2.75) is 25.7 Å². The largest absolute Gasteiger partial charge is 2.00 e. The predicted octanol–water partition coefficient (Wildman–Crippen LogP) is 1.02. The third-order valence-corrected chi connectivity index (χ3v) is 4.74. The predicted molar refractivity (Wildman–Crippen MR) is 110 cm³/mol. The van der Waals surface area contributed by atoms with E-state index in [9.17, 15) is 0 Å². The number of hydrogen-bond donors (Lipinski definition) is 0. The first-order chi connectivity index (χ1) is 12.3. The molecule has 1 aliphatic carbocycles. The number of allylic oxidation sites excluding steroid dienone is 1. The Balaban J connectivity index is 0.000000823. The van der Waals surface area contributed by atoms with Gasteiger partial charge in [-0.3, -0.25) is 0 Å². The van der Waals surface area contributed by atoms with Crippen molar-refractivity contribution in [3.63, 3.8) is 0 Å². The van der Waals surface area contributed by atoms with E-state index in [0.29, 0.717) is 12.5 Å². The average molecular weight is 446 g/mol. The zero-order valence-electron chi connectivity index (χ0n) is 16.1. The summed E-state index contributed by atoms with van der Waals surface area (Å²) in [5, 5.41) is 2.51. The van der Waals surface area contributed by atoms with Crippen LogP contribution in [0.2, 0.25) is 0 Å². The molecule has 0 aromatic heterocycles. The standard InChI is InChI=1S/C20H15.C4H10N.2ClH.Ti/c1-14-17-8-4-2-6-15(17)10-12-18(14)20-13-11-16-7-3-5-9-19(16)20;1-2-3-4-5;;;/h2-13,20H,1H2;5H,2-4H2,1H3;2*1H;/q2*-1;;;+2/p-2. The summed E-state index contributed by atoms with van der Waals surface area (Å²) in [4.78, 5) is 0. The maximum absolute atomic E-state index is 6.60. The Labute approximate surface area is 196 Å². The molecule has 0 spiro atoms. The molecule has 0 heterocycles. The van der Waals surface area contributed by atoms with Gasteiger partial charge in [0.2, 0.25) is 0 Å². The van der Waals surface area contributed by atoms with Crippen molar-refractivity contribution in [1.82, 2.24) is 0 Å². The van der Waals surface area contributed by atoms with E-state index in [1.807, 2.05) is 0 Å². The van der Waals surface area contributed by atoms with Gasteiger partial charge in [-0.1, -0.05) is 85.8 Å². The summed E-state index contributed by atoms with van der Waals surface area (Å²) in [5.41, 5.74) is 11.8. The van der Waals surface area contributed by atoms with Crippen LogP contribution in [0, 0.1) is 6.92 Å². The molecule has 1 unspecified atom stereocenters. The molecular formula is C24H25Cl2NTi-2. The van der Waals surface area contributed by atoms with Crippen molar-refractivity contribution in [1.29, 1.82) is 0 Å². The fourth-order valence-corrected chi connectivity index (χ4v) is 3.34. The number of rotatable bonds is 3. The third kappa shape index (κ3) is 5.89. The van der Waals surface area contributed by atoms with Crippen molar-refractivity contribution in [2.75, 3.05) is 6.54 Å². The van der Waals surface area contributed by atoms with E-state index in [4.69, 9.17) is 5.73 Å². The fourth-order valence-electron chi connectivity index (χ4n) is 3.34.